The number of hydrogen-bond acceptors (Lipinski definition) is 4. The normalized spacial score (nSPS) is 16.0. The maximum Gasteiger partial charge on any atom is 0.165 e. The quantitative estimate of drug-likeness (QED) is 0.835. The number of nitrogens with zero attached hydrogens (tertiary/aromatic N) is 1. The second-order valence-electron chi connectivity index (χ2n) is 6.26. The van der Waals surface area contributed by atoms with Crippen molar-refractivity contribution in [1.29, 1.82) is 0 Å². The van der Waals surface area contributed by atoms with Gasteiger partial charge in [0.05, 0.1) is 7.11 Å². The third-order valence-electron chi connectivity index (χ3n) is 4.56. The van der Waals surface area contributed by atoms with Crippen LogP contribution in [0.15, 0.2) is 42.5 Å². The Morgan fingerprint density at radius 2 is 1.76 bits per heavy atom. The zero-order chi connectivity index (χ0) is 17.6. The molecule has 0 saturated carbocycles. The zero-order valence-corrected chi connectivity index (χ0v) is 14.5. The Kier molecular flexibility index (Phi) is 5.89. The molecule has 0 aliphatic carbocycles. The number of halogens is 1. The Balaban J connectivity index is 1.58. The molecule has 1 saturated heterocycles. The molecule has 0 bridgehead atoms. The van der Waals surface area contributed by atoms with E-state index in [9.17, 15) is 9.50 Å². The standard InChI is InChI=1S/C20H24FNO3/c1-24-19-9-6-16(14-18(19)21)20(23)15-4-7-17(8-5-15)25-13-12-22-10-2-3-11-22/h4-9,14,20,23H,2-3,10-13H2,1H3. The fourth-order valence-electron chi connectivity index (χ4n) is 3.09. The summed E-state index contributed by atoms with van der Waals surface area (Å²) in [7, 11) is 1.41. The van der Waals surface area contributed by atoms with Gasteiger partial charge < -0.3 is 14.6 Å². The second-order valence-corrected chi connectivity index (χ2v) is 6.26. The minimum absolute atomic E-state index is 0.165. The summed E-state index contributed by atoms with van der Waals surface area (Å²) in [6.45, 7) is 3.92. The summed E-state index contributed by atoms with van der Waals surface area (Å²) in [4.78, 5) is 2.40. The van der Waals surface area contributed by atoms with Crippen molar-refractivity contribution in [3.05, 3.63) is 59.4 Å². The van der Waals surface area contributed by atoms with Crippen molar-refractivity contribution in [3.8, 4) is 11.5 Å². The molecule has 1 aliphatic heterocycles. The van der Waals surface area contributed by atoms with Gasteiger partial charge in [0.2, 0.25) is 0 Å². The molecule has 0 spiro atoms. The van der Waals surface area contributed by atoms with Gasteiger partial charge in [0.1, 0.15) is 18.5 Å². The lowest BCUT2D eigenvalue weighted by Gasteiger charge is -2.16. The minimum Gasteiger partial charge on any atom is -0.494 e. The number of benzene rings is 2. The van der Waals surface area contributed by atoms with Gasteiger partial charge >= 0.3 is 0 Å². The van der Waals surface area contributed by atoms with Crippen LogP contribution in [0.2, 0.25) is 0 Å². The highest BCUT2D eigenvalue weighted by Crippen LogP contribution is 2.27. The van der Waals surface area contributed by atoms with Crippen LogP contribution in [-0.2, 0) is 0 Å². The molecule has 0 radical (unpaired) electrons. The third kappa shape index (κ3) is 4.50. The van der Waals surface area contributed by atoms with Crippen LogP contribution in [0, 0.1) is 5.82 Å². The summed E-state index contributed by atoms with van der Waals surface area (Å²) in [5.74, 6) is 0.453. The molecule has 0 amide bonds. The van der Waals surface area contributed by atoms with E-state index in [0.717, 1.165) is 25.4 Å². The van der Waals surface area contributed by atoms with E-state index in [4.69, 9.17) is 9.47 Å². The first-order valence-corrected chi connectivity index (χ1v) is 8.64. The van der Waals surface area contributed by atoms with Crippen LogP contribution in [0.25, 0.3) is 0 Å². The van der Waals surface area contributed by atoms with E-state index in [1.165, 1.54) is 32.1 Å². The van der Waals surface area contributed by atoms with E-state index in [1.807, 2.05) is 12.1 Å². The van der Waals surface area contributed by atoms with Crippen molar-refractivity contribution < 1.29 is 19.0 Å². The molecule has 25 heavy (non-hydrogen) atoms. The number of hydrogen-bond donors (Lipinski definition) is 1. The van der Waals surface area contributed by atoms with E-state index < -0.39 is 11.9 Å². The monoisotopic (exact) mass is 345 g/mol. The van der Waals surface area contributed by atoms with Crippen molar-refractivity contribution in [2.45, 2.75) is 18.9 Å². The van der Waals surface area contributed by atoms with Gasteiger partial charge in [0.15, 0.2) is 11.6 Å². The lowest BCUT2D eigenvalue weighted by atomic mass is 10.0. The molecule has 1 heterocycles. The van der Waals surface area contributed by atoms with Gasteiger partial charge in [-0.1, -0.05) is 18.2 Å². The molecule has 3 rings (SSSR count). The van der Waals surface area contributed by atoms with E-state index in [2.05, 4.69) is 4.90 Å². The summed E-state index contributed by atoms with van der Waals surface area (Å²) in [6.07, 6.45) is 1.66. The van der Waals surface area contributed by atoms with E-state index in [-0.39, 0.29) is 5.75 Å². The third-order valence-corrected chi connectivity index (χ3v) is 4.56. The van der Waals surface area contributed by atoms with Crippen LogP contribution in [0.5, 0.6) is 11.5 Å². The number of methoxy groups -OCH3 is 1. The van der Waals surface area contributed by atoms with Crippen molar-refractivity contribution in [1.82, 2.24) is 4.90 Å². The predicted molar refractivity (Wildman–Crippen MR) is 94.6 cm³/mol. The minimum atomic E-state index is -0.890. The molecule has 134 valence electrons. The average molecular weight is 345 g/mol. The highest BCUT2D eigenvalue weighted by atomic mass is 19.1. The molecule has 0 aromatic heterocycles. The van der Waals surface area contributed by atoms with Crippen LogP contribution in [0.4, 0.5) is 4.39 Å². The predicted octanol–water partition coefficient (Wildman–Crippen LogP) is 3.39. The summed E-state index contributed by atoms with van der Waals surface area (Å²) in [5, 5.41) is 10.4. The Morgan fingerprint density at radius 3 is 2.40 bits per heavy atom. The van der Waals surface area contributed by atoms with Gasteiger partial charge in [-0.2, -0.15) is 0 Å². The van der Waals surface area contributed by atoms with Gasteiger partial charge in [-0.15, -0.1) is 0 Å². The highest BCUT2D eigenvalue weighted by molar-refractivity contribution is 5.37. The average Bonchev–Trinajstić information content (AvgIpc) is 3.15. The Labute approximate surface area is 147 Å². The maximum atomic E-state index is 13.8. The number of rotatable bonds is 7. The van der Waals surface area contributed by atoms with Crippen molar-refractivity contribution in [3.63, 3.8) is 0 Å². The van der Waals surface area contributed by atoms with Gasteiger partial charge in [-0.05, 0) is 61.3 Å². The second kappa shape index (κ2) is 8.32. The molecule has 2 aromatic carbocycles. The molecule has 4 nitrogen and oxygen atoms in total. The lowest BCUT2D eigenvalue weighted by Crippen LogP contribution is -2.25. The molecule has 1 unspecified atom stereocenters. The fraction of sp³-hybridized carbons (Fsp3) is 0.400. The van der Waals surface area contributed by atoms with E-state index in [1.54, 1.807) is 18.2 Å². The van der Waals surface area contributed by atoms with Crippen LogP contribution < -0.4 is 9.47 Å². The van der Waals surface area contributed by atoms with Crippen LogP contribution in [0.3, 0.4) is 0 Å². The number of aliphatic hydroxyl groups is 1. The summed E-state index contributed by atoms with van der Waals surface area (Å²) < 4.78 is 24.5. The smallest absolute Gasteiger partial charge is 0.165 e. The first kappa shape index (κ1) is 17.7. The Bertz CT molecular complexity index is 684. The molecule has 2 aromatic rings. The van der Waals surface area contributed by atoms with Gasteiger partial charge in [0, 0.05) is 6.54 Å². The summed E-state index contributed by atoms with van der Waals surface area (Å²) in [6, 6.07) is 11.8. The lowest BCUT2D eigenvalue weighted by molar-refractivity contribution is 0.218. The topological polar surface area (TPSA) is 41.9 Å². The van der Waals surface area contributed by atoms with Crippen molar-refractivity contribution in [2.24, 2.45) is 0 Å². The van der Waals surface area contributed by atoms with Crippen LogP contribution in [-0.4, -0.2) is 43.4 Å². The number of aliphatic hydroxyl groups excluding tert-OH is 1. The molecule has 5 heteroatoms. The van der Waals surface area contributed by atoms with Crippen molar-refractivity contribution >= 4 is 0 Å². The Morgan fingerprint density at radius 1 is 1.08 bits per heavy atom. The summed E-state index contributed by atoms with van der Waals surface area (Å²) >= 11 is 0. The fourth-order valence-corrected chi connectivity index (χ4v) is 3.09. The molecule has 1 fully saturated rings. The molecule has 1 aliphatic rings. The SMILES string of the molecule is COc1ccc(C(O)c2ccc(OCCN3CCCC3)cc2)cc1F. The van der Waals surface area contributed by atoms with Crippen LogP contribution >= 0.6 is 0 Å². The van der Waals surface area contributed by atoms with Gasteiger partial charge in [-0.25, -0.2) is 4.39 Å². The van der Waals surface area contributed by atoms with Crippen molar-refractivity contribution in [2.75, 3.05) is 33.4 Å². The number of ether oxygens (including phenoxy) is 2. The van der Waals surface area contributed by atoms with Crippen LogP contribution in [0.1, 0.15) is 30.1 Å². The maximum absolute atomic E-state index is 13.8. The molecular weight excluding hydrogens is 321 g/mol. The van der Waals surface area contributed by atoms with Gasteiger partial charge in [0.25, 0.3) is 0 Å². The Hall–Kier alpha value is -2.11. The van der Waals surface area contributed by atoms with E-state index in [0.29, 0.717) is 17.7 Å². The highest BCUT2D eigenvalue weighted by Gasteiger charge is 2.14. The zero-order valence-electron chi connectivity index (χ0n) is 14.5. The number of likely N-dealkylation sites (tertiary alicyclic amines) is 1. The molecule has 1 N–H and O–H groups in total. The molecular formula is C20H24FNO3. The first-order valence-electron chi connectivity index (χ1n) is 8.64. The largest absolute Gasteiger partial charge is 0.494 e. The van der Waals surface area contributed by atoms with Gasteiger partial charge in [-0.3, -0.25) is 4.90 Å². The molecule has 1 atom stereocenters. The summed E-state index contributed by atoms with van der Waals surface area (Å²) in [5.41, 5.74) is 1.18. The van der Waals surface area contributed by atoms with E-state index >= 15 is 0 Å². The first-order chi connectivity index (χ1) is 12.2.